The van der Waals surface area contributed by atoms with Crippen LogP contribution in [0.15, 0.2) is 96.4 Å². The van der Waals surface area contributed by atoms with E-state index in [2.05, 4.69) is 46.3 Å². The molecule has 2 aromatic carbocycles. The highest BCUT2D eigenvalue weighted by Gasteiger charge is 2.47. The van der Waals surface area contributed by atoms with Crippen molar-refractivity contribution in [2.24, 2.45) is 11.8 Å². The first kappa shape index (κ1) is 16.2. The minimum absolute atomic E-state index is 0.0342. The SMILES string of the molecule is O=C1C2=CC3C=CC(C4C=CC3C=C3C(=O)c5ccccc5N34)N2c2ccccc21. The summed E-state index contributed by atoms with van der Waals surface area (Å²) >= 11 is 0. The Balaban J connectivity index is 1.50. The standard InChI is InChI=1S/C26H18N2O2/c29-25-17-5-1-3-7-19(17)27-21-11-9-15(13-23(25)27)16-10-12-22(21)28-20-8-4-2-6-18(20)26(30)24(28)14-16/h1-16,21-22H. The highest BCUT2D eigenvalue weighted by molar-refractivity contribution is 6.21. The van der Waals surface area contributed by atoms with E-state index in [1.54, 1.807) is 0 Å². The predicted molar refractivity (Wildman–Crippen MR) is 116 cm³/mol. The molecule has 4 atom stereocenters. The van der Waals surface area contributed by atoms with Crippen LogP contribution in [0.4, 0.5) is 11.4 Å². The summed E-state index contributed by atoms with van der Waals surface area (Å²) < 4.78 is 0. The van der Waals surface area contributed by atoms with Crippen molar-refractivity contribution in [2.75, 3.05) is 9.80 Å². The second-order valence-electron chi connectivity index (χ2n) is 8.44. The Kier molecular flexibility index (Phi) is 2.95. The number of Topliss-reactive ketones (excluding diaryl/α,β-unsaturated/α-hetero) is 2. The Morgan fingerprint density at radius 2 is 1.00 bits per heavy atom. The quantitative estimate of drug-likeness (QED) is 0.630. The van der Waals surface area contributed by atoms with Crippen LogP contribution in [-0.2, 0) is 0 Å². The lowest BCUT2D eigenvalue weighted by molar-refractivity contribution is 0.102. The van der Waals surface area contributed by atoms with Crippen LogP contribution in [0.3, 0.4) is 0 Å². The predicted octanol–water partition coefficient (Wildman–Crippen LogP) is 4.28. The summed E-state index contributed by atoms with van der Waals surface area (Å²) in [5.41, 5.74) is 4.92. The molecule has 4 heteroatoms. The zero-order chi connectivity index (χ0) is 20.0. The van der Waals surface area contributed by atoms with E-state index in [1.807, 2.05) is 48.5 Å². The van der Waals surface area contributed by atoms with E-state index in [1.165, 1.54) is 0 Å². The Bertz CT molecular complexity index is 1180. The van der Waals surface area contributed by atoms with Crippen LogP contribution < -0.4 is 9.80 Å². The lowest BCUT2D eigenvalue weighted by Gasteiger charge is -2.38. The van der Waals surface area contributed by atoms with Crippen molar-refractivity contribution in [3.05, 3.63) is 108 Å². The number of carbonyl (C=O) groups is 2. The van der Waals surface area contributed by atoms with E-state index in [-0.39, 0.29) is 35.5 Å². The first-order valence-electron chi connectivity index (χ1n) is 10.4. The number of para-hydroxylation sites is 2. The molecular weight excluding hydrogens is 372 g/mol. The maximum Gasteiger partial charge on any atom is 0.211 e. The summed E-state index contributed by atoms with van der Waals surface area (Å²) in [6.07, 6.45) is 13.1. The minimum Gasteiger partial charge on any atom is -0.328 e. The van der Waals surface area contributed by atoms with E-state index in [0.717, 1.165) is 33.9 Å². The van der Waals surface area contributed by atoms with Crippen LogP contribution >= 0.6 is 0 Å². The average Bonchev–Trinajstić information content (AvgIpc) is 3.03. The molecule has 0 aromatic heterocycles. The molecule has 1 aliphatic carbocycles. The summed E-state index contributed by atoms with van der Waals surface area (Å²) in [7, 11) is 0. The number of carbonyl (C=O) groups excluding carboxylic acids is 2. The molecule has 0 amide bonds. The van der Waals surface area contributed by atoms with Crippen molar-refractivity contribution in [1.29, 1.82) is 0 Å². The Hall–Kier alpha value is -3.66. The van der Waals surface area contributed by atoms with Gasteiger partial charge >= 0.3 is 0 Å². The van der Waals surface area contributed by atoms with Gasteiger partial charge in [-0.15, -0.1) is 0 Å². The number of hydrogen-bond acceptors (Lipinski definition) is 4. The number of ketones is 2. The number of fused-ring (bicyclic) bond motifs is 14. The van der Waals surface area contributed by atoms with Gasteiger partial charge in [0.1, 0.15) is 0 Å². The topological polar surface area (TPSA) is 40.6 Å². The highest BCUT2D eigenvalue weighted by Crippen LogP contribution is 2.47. The molecule has 0 spiro atoms. The summed E-state index contributed by atoms with van der Waals surface area (Å²) in [5.74, 6) is 0.247. The number of allylic oxidation sites excluding steroid dienone is 6. The zero-order valence-corrected chi connectivity index (χ0v) is 16.1. The van der Waals surface area contributed by atoms with E-state index in [9.17, 15) is 9.59 Å². The fourth-order valence-corrected chi connectivity index (χ4v) is 5.60. The largest absolute Gasteiger partial charge is 0.328 e. The molecule has 5 aliphatic rings. The van der Waals surface area contributed by atoms with Gasteiger partial charge in [0.15, 0.2) is 0 Å². The van der Waals surface area contributed by atoms with E-state index < -0.39 is 0 Å². The van der Waals surface area contributed by atoms with Crippen LogP contribution in [0, 0.1) is 11.8 Å². The normalized spacial score (nSPS) is 29.5. The van der Waals surface area contributed by atoms with Gasteiger partial charge in [0.05, 0.1) is 34.9 Å². The molecular formula is C26H18N2O2. The molecule has 0 saturated heterocycles. The van der Waals surface area contributed by atoms with Crippen LogP contribution in [-0.4, -0.2) is 23.7 Å². The maximum atomic E-state index is 13.3. The van der Waals surface area contributed by atoms with Crippen molar-refractivity contribution in [3.63, 3.8) is 0 Å². The van der Waals surface area contributed by atoms with Crippen molar-refractivity contribution in [1.82, 2.24) is 0 Å². The molecule has 4 heterocycles. The van der Waals surface area contributed by atoms with Crippen molar-refractivity contribution in [3.8, 4) is 0 Å². The summed E-state index contributed by atoms with van der Waals surface area (Å²) in [5, 5.41) is 0. The van der Waals surface area contributed by atoms with Gasteiger partial charge in [-0.2, -0.15) is 0 Å². The van der Waals surface area contributed by atoms with Crippen molar-refractivity contribution in [2.45, 2.75) is 12.1 Å². The van der Waals surface area contributed by atoms with Gasteiger partial charge < -0.3 is 9.80 Å². The van der Waals surface area contributed by atoms with Gasteiger partial charge in [-0.25, -0.2) is 0 Å². The molecule has 0 radical (unpaired) electrons. The second-order valence-corrected chi connectivity index (χ2v) is 8.44. The third kappa shape index (κ3) is 1.86. The smallest absolute Gasteiger partial charge is 0.211 e. The number of hydrogen-bond donors (Lipinski definition) is 0. The molecule has 30 heavy (non-hydrogen) atoms. The van der Waals surface area contributed by atoms with E-state index in [4.69, 9.17) is 0 Å². The third-order valence-electron chi connectivity index (χ3n) is 6.95. The molecule has 2 aromatic rings. The maximum absolute atomic E-state index is 13.3. The third-order valence-corrected chi connectivity index (χ3v) is 6.95. The molecule has 144 valence electrons. The van der Waals surface area contributed by atoms with Crippen molar-refractivity contribution < 1.29 is 9.59 Å². The number of benzene rings is 2. The van der Waals surface area contributed by atoms with Crippen LogP contribution in [0.5, 0.6) is 0 Å². The molecule has 4 aliphatic heterocycles. The molecule has 7 rings (SSSR count). The summed E-state index contributed by atoms with van der Waals surface area (Å²) in [6, 6.07) is 15.5. The number of nitrogens with zero attached hydrogens (tertiary/aromatic N) is 2. The first-order valence-corrected chi connectivity index (χ1v) is 10.4. The van der Waals surface area contributed by atoms with Crippen LogP contribution in [0.25, 0.3) is 0 Å². The van der Waals surface area contributed by atoms with Gasteiger partial charge in [-0.1, -0.05) is 48.6 Å². The van der Waals surface area contributed by atoms with Gasteiger partial charge in [0, 0.05) is 23.0 Å². The van der Waals surface area contributed by atoms with E-state index in [0.29, 0.717) is 0 Å². The number of anilines is 2. The van der Waals surface area contributed by atoms with Crippen LogP contribution in [0.2, 0.25) is 0 Å². The average molecular weight is 390 g/mol. The second kappa shape index (κ2) is 5.48. The molecule has 0 saturated carbocycles. The fourth-order valence-electron chi connectivity index (χ4n) is 5.60. The van der Waals surface area contributed by atoms with Gasteiger partial charge in [-0.05, 0) is 36.4 Å². The minimum atomic E-state index is -0.0912. The zero-order valence-electron chi connectivity index (χ0n) is 16.1. The van der Waals surface area contributed by atoms with Crippen molar-refractivity contribution >= 4 is 22.9 Å². The molecule has 4 bridgehead atoms. The Morgan fingerprint density at radius 1 is 0.567 bits per heavy atom. The van der Waals surface area contributed by atoms with Gasteiger partial charge in [-0.3, -0.25) is 9.59 Å². The van der Waals surface area contributed by atoms with E-state index >= 15 is 0 Å². The lowest BCUT2D eigenvalue weighted by Crippen LogP contribution is -2.48. The molecule has 0 N–H and O–H groups in total. The molecule has 4 nitrogen and oxygen atoms in total. The Morgan fingerprint density at radius 3 is 1.47 bits per heavy atom. The molecule has 4 unspecified atom stereocenters. The number of rotatable bonds is 0. The lowest BCUT2D eigenvalue weighted by atomic mass is 9.87. The van der Waals surface area contributed by atoms with Gasteiger partial charge in [0.2, 0.25) is 11.6 Å². The van der Waals surface area contributed by atoms with Crippen LogP contribution in [0.1, 0.15) is 20.7 Å². The molecule has 0 fully saturated rings. The first-order chi connectivity index (χ1) is 14.7. The summed E-state index contributed by atoms with van der Waals surface area (Å²) in [6.45, 7) is 0. The fraction of sp³-hybridized carbons (Fsp3) is 0.154. The summed E-state index contributed by atoms with van der Waals surface area (Å²) in [4.78, 5) is 30.9. The monoisotopic (exact) mass is 390 g/mol. The van der Waals surface area contributed by atoms with Gasteiger partial charge in [0.25, 0.3) is 0 Å². The highest BCUT2D eigenvalue weighted by atomic mass is 16.1. The Labute approximate surface area is 174 Å².